The Balaban J connectivity index is 2.05. The highest BCUT2D eigenvalue weighted by molar-refractivity contribution is 5.70. The fraction of sp³-hybridized carbons (Fsp3) is 0.417. The minimum absolute atomic E-state index is 0.200. The highest BCUT2D eigenvalue weighted by Gasteiger charge is 2.19. The largest absolute Gasteiger partial charge is 0.508 e. The monoisotopic (exact) mass is 221 g/mol. The SMILES string of the molecule is COC(=O)CCN1CCc2ccc(O)cc21. The van der Waals surface area contributed by atoms with E-state index in [1.807, 2.05) is 6.07 Å². The van der Waals surface area contributed by atoms with Crippen LogP contribution in [-0.2, 0) is 16.0 Å². The van der Waals surface area contributed by atoms with Crippen molar-refractivity contribution in [1.29, 1.82) is 0 Å². The second-order valence-electron chi connectivity index (χ2n) is 3.88. The molecule has 0 spiro atoms. The van der Waals surface area contributed by atoms with Crippen LogP contribution in [0.3, 0.4) is 0 Å². The first-order valence-electron chi connectivity index (χ1n) is 5.34. The average Bonchev–Trinajstić information content (AvgIpc) is 2.68. The summed E-state index contributed by atoms with van der Waals surface area (Å²) in [5, 5.41) is 9.42. The summed E-state index contributed by atoms with van der Waals surface area (Å²) in [4.78, 5) is 13.2. The number of carbonyl (C=O) groups is 1. The Morgan fingerprint density at radius 3 is 3.12 bits per heavy atom. The molecule has 1 aliphatic heterocycles. The molecule has 0 aliphatic carbocycles. The van der Waals surface area contributed by atoms with E-state index in [9.17, 15) is 9.90 Å². The van der Waals surface area contributed by atoms with Crippen molar-refractivity contribution < 1.29 is 14.6 Å². The highest BCUT2D eigenvalue weighted by Crippen LogP contribution is 2.31. The summed E-state index contributed by atoms with van der Waals surface area (Å²) in [6.45, 7) is 1.54. The summed E-state index contributed by atoms with van der Waals surface area (Å²) < 4.78 is 4.61. The Morgan fingerprint density at radius 2 is 2.38 bits per heavy atom. The van der Waals surface area contributed by atoms with Gasteiger partial charge in [-0.3, -0.25) is 4.79 Å². The maximum Gasteiger partial charge on any atom is 0.307 e. The molecule has 86 valence electrons. The molecule has 1 N–H and O–H groups in total. The molecule has 1 aliphatic rings. The minimum atomic E-state index is -0.200. The van der Waals surface area contributed by atoms with E-state index in [-0.39, 0.29) is 11.7 Å². The molecule has 4 heteroatoms. The van der Waals surface area contributed by atoms with E-state index in [0.29, 0.717) is 13.0 Å². The zero-order valence-electron chi connectivity index (χ0n) is 9.27. The van der Waals surface area contributed by atoms with Gasteiger partial charge in [0.2, 0.25) is 0 Å². The van der Waals surface area contributed by atoms with Gasteiger partial charge in [0.1, 0.15) is 5.75 Å². The third kappa shape index (κ3) is 2.10. The quantitative estimate of drug-likeness (QED) is 0.782. The van der Waals surface area contributed by atoms with Crippen LogP contribution in [0, 0.1) is 0 Å². The van der Waals surface area contributed by atoms with E-state index < -0.39 is 0 Å². The molecule has 0 fully saturated rings. The van der Waals surface area contributed by atoms with Crippen LogP contribution in [0.25, 0.3) is 0 Å². The fourth-order valence-corrected chi connectivity index (χ4v) is 1.99. The van der Waals surface area contributed by atoms with Crippen LogP contribution in [0.1, 0.15) is 12.0 Å². The number of benzene rings is 1. The van der Waals surface area contributed by atoms with Crippen molar-refractivity contribution in [2.24, 2.45) is 0 Å². The zero-order valence-corrected chi connectivity index (χ0v) is 9.27. The van der Waals surface area contributed by atoms with Gasteiger partial charge in [0, 0.05) is 24.8 Å². The fourth-order valence-electron chi connectivity index (χ4n) is 1.99. The van der Waals surface area contributed by atoms with Gasteiger partial charge in [-0.2, -0.15) is 0 Å². The van der Waals surface area contributed by atoms with Gasteiger partial charge in [-0.25, -0.2) is 0 Å². The number of aromatic hydroxyl groups is 1. The third-order valence-corrected chi connectivity index (χ3v) is 2.87. The molecule has 0 aromatic heterocycles. The second-order valence-corrected chi connectivity index (χ2v) is 3.88. The maximum absolute atomic E-state index is 11.0. The summed E-state index contributed by atoms with van der Waals surface area (Å²) >= 11 is 0. The number of phenols is 1. The third-order valence-electron chi connectivity index (χ3n) is 2.87. The van der Waals surface area contributed by atoms with Gasteiger partial charge in [-0.15, -0.1) is 0 Å². The number of fused-ring (bicyclic) bond motifs is 1. The van der Waals surface area contributed by atoms with Crippen molar-refractivity contribution in [3.63, 3.8) is 0 Å². The Kier molecular flexibility index (Phi) is 2.99. The number of anilines is 1. The van der Waals surface area contributed by atoms with Crippen molar-refractivity contribution >= 4 is 11.7 Å². The summed E-state index contributed by atoms with van der Waals surface area (Å²) in [6, 6.07) is 5.38. The van der Waals surface area contributed by atoms with Crippen molar-refractivity contribution in [2.75, 3.05) is 25.1 Å². The van der Waals surface area contributed by atoms with Crippen LogP contribution in [0.2, 0.25) is 0 Å². The lowest BCUT2D eigenvalue weighted by atomic mass is 10.1. The molecular formula is C12H15NO3. The van der Waals surface area contributed by atoms with E-state index in [1.165, 1.54) is 12.7 Å². The van der Waals surface area contributed by atoms with Crippen molar-refractivity contribution in [1.82, 2.24) is 0 Å². The number of methoxy groups -OCH3 is 1. The molecular weight excluding hydrogens is 206 g/mol. The molecule has 4 nitrogen and oxygen atoms in total. The van der Waals surface area contributed by atoms with E-state index in [4.69, 9.17) is 0 Å². The van der Waals surface area contributed by atoms with Crippen LogP contribution >= 0.6 is 0 Å². The summed E-state index contributed by atoms with van der Waals surface area (Å²) in [7, 11) is 1.39. The Labute approximate surface area is 94.4 Å². The number of nitrogens with zero attached hydrogens (tertiary/aromatic N) is 1. The lowest BCUT2D eigenvalue weighted by molar-refractivity contribution is -0.140. The smallest absolute Gasteiger partial charge is 0.307 e. The van der Waals surface area contributed by atoms with Crippen molar-refractivity contribution in [2.45, 2.75) is 12.8 Å². The molecule has 1 aromatic rings. The van der Waals surface area contributed by atoms with Gasteiger partial charge in [0.05, 0.1) is 13.5 Å². The topological polar surface area (TPSA) is 49.8 Å². The first-order valence-corrected chi connectivity index (χ1v) is 5.34. The van der Waals surface area contributed by atoms with Gasteiger partial charge in [0.25, 0.3) is 0 Å². The molecule has 0 atom stereocenters. The lowest BCUT2D eigenvalue weighted by Gasteiger charge is -2.18. The summed E-state index contributed by atoms with van der Waals surface area (Å²) in [6.07, 6.45) is 1.35. The Hall–Kier alpha value is -1.71. The van der Waals surface area contributed by atoms with Crippen molar-refractivity contribution in [3.05, 3.63) is 23.8 Å². The van der Waals surface area contributed by atoms with Crippen molar-refractivity contribution in [3.8, 4) is 5.75 Å². The average molecular weight is 221 g/mol. The second kappa shape index (κ2) is 4.43. The summed E-state index contributed by atoms with van der Waals surface area (Å²) in [5.74, 6) is 0.0670. The number of rotatable bonds is 3. The molecule has 0 unspecified atom stereocenters. The molecule has 2 rings (SSSR count). The van der Waals surface area contributed by atoms with Gasteiger partial charge in [0.15, 0.2) is 0 Å². The molecule has 0 saturated heterocycles. The number of phenolic OH excluding ortho intramolecular Hbond substituents is 1. The summed E-state index contributed by atoms with van der Waals surface area (Å²) in [5.41, 5.74) is 2.26. The number of hydrogen-bond donors (Lipinski definition) is 1. The van der Waals surface area contributed by atoms with Gasteiger partial charge >= 0.3 is 5.97 Å². The lowest BCUT2D eigenvalue weighted by Crippen LogP contribution is -2.24. The maximum atomic E-state index is 11.0. The first-order chi connectivity index (χ1) is 7.70. The zero-order chi connectivity index (χ0) is 11.5. The normalized spacial score (nSPS) is 13.7. The molecule has 1 heterocycles. The standard InChI is InChI=1S/C12H15NO3/c1-16-12(15)5-7-13-6-4-9-2-3-10(14)8-11(9)13/h2-3,8,14H,4-7H2,1H3. The predicted molar refractivity (Wildman–Crippen MR) is 60.7 cm³/mol. The molecule has 0 radical (unpaired) electrons. The van der Waals surface area contributed by atoms with Gasteiger partial charge in [-0.1, -0.05) is 6.07 Å². The molecule has 1 aromatic carbocycles. The van der Waals surface area contributed by atoms with Crippen LogP contribution in [0.15, 0.2) is 18.2 Å². The van der Waals surface area contributed by atoms with Crippen LogP contribution in [-0.4, -0.2) is 31.3 Å². The van der Waals surface area contributed by atoms with Gasteiger partial charge in [-0.05, 0) is 18.1 Å². The first kappa shape index (κ1) is 10.8. The Bertz CT molecular complexity index is 403. The van der Waals surface area contributed by atoms with Crippen LogP contribution in [0.5, 0.6) is 5.75 Å². The number of carbonyl (C=O) groups excluding carboxylic acids is 1. The van der Waals surface area contributed by atoms with Crippen LogP contribution < -0.4 is 4.90 Å². The van der Waals surface area contributed by atoms with E-state index in [1.54, 1.807) is 12.1 Å². The molecule has 0 bridgehead atoms. The number of ether oxygens (including phenoxy) is 1. The number of hydrogen-bond acceptors (Lipinski definition) is 4. The molecule has 0 saturated carbocycles. The molecule has 16 heavy (non-hydrogen) atoms. The van der Waals surface area contributed by atoms with E-state index >= 15 is 0 Å². The van der Waals surface area contributed by atoms with Gasteiger partial charge < -0.3 is 14.7 Å². The highest BCUT2D eigenvalue weighted by atomic mass is 16.5. The van der Waals surface area contributed by atoms with E-state index in [2.05, 4.69) is 9.64 Å². The predicted octanol–water partition coefficient (Wildman–Crippen LogP) is 1.32. The number of esters is 1. The van der Waals surface area contributed by atoms with Crippen LogP contribution in [0.4, 0.5) is 5.69 Å². The molecule has 0 amide bonds. The minimum Gasteiger partial charge on any atom is -0.508 e. The Morgan fingerprint density at radius 1 is 1.56 bits per heavy atom. The van der Waals surface area contributed by atoms with E-state index in [0.717, 1.165) is 18.7 Å².